The van der Waals surface area contributed by atoms with E-state index in [0.717, 1.165) is 4.90 Å². The van der Waals surface area contributed by atoms with Crippen LogP contribution in [0.2, 0.25) is 5.02 Å². The third-order valence-corrected chi connectivity index (χ3v) is 4.30. The minimum absolute atomic E-state index is 0.136. The van der Waals surface area contributed by atoms with Crippen molar-refractivity contribution in [3.8, 4) is 0 Å². The van der Waals surface area contributed by atoms with Crippen LogP contribution >= 0.6 is 11.6 Å². The number of carbonyl (C=O) groups excluding carboxylic acids is 3. The predicted octanol–water partition coefficient (Wildman–Crippen LogP) is 3.09. The maximum absolute atomic E-state index is 14.7. The van der Waals surface area contributed by atoms with Crippen LogP contribution in [0.15, 0.2) is 24.3 Å². The second kappa shape index (κ2) is 9.49. The Morgan fingerprint density at radius 1 is 1.38 bits per heavy atom. The fourth-order valence-electron chi connectivity index (χ4n) is 2.93. The van der Waals surface area contributed by atoms with Crippen molar-refractivity contribution in [3.63, 3.8) is 0 Å². The molecule has 0 spiro atoms. The van der Waals surface area contributed by atoms with Crippen LogP contribution in [0.4, 0.5) is 13.7 Å². The first-order chi connectivity index (χ1) is 13.5. The fourth-order valence-corrected chi connectivity index (χ4v) is 3.14. The monoisotopic (exact) mass is 432 g/mol. The highest BCUT2D eigenvalue weighted by Crippen LogP contribution is 2.28. The molecule has 0 aromatic heterocycles. The summed E-state index contributed by atoms with van der Waals surface area (Å²) < 4.78 is 39.5. The third kappa shape index (κ3) is 6.11. The van der Waals surface area contributed by atoms with Crippen LogP contribution in [0, 0.1) is 0 Å². The van der Waals surface area contributed by atoms with Gasteiger partial charge >= 0.3 is 6.09 Å². The lowest BCUT2D eigenvalue weighted by molar-refractivity contribution is -0.157. The van der Waals surface area contributed by atoms with Crippen molar-refractivity contribution < 1.29 is 32.7 Å². The number of nitrogens with zero attached hydrogens (tertiary/aromatic N) is 2. The van der Waals surface area contributed by atoms with Crippen molar-refractivity contribution in [2.75, 3.05) is 13.2 Å². The van der Waals surface area contributed by atoms with Crippen LogP contribution in [-0.4, -0.2) is 65.4 Å². The van der Waals surface area contributed by atoms with E-state index in [-0.39, 0.29) is 5.12 Å². The highest BCUT2D eigenvalue weighted by Gasteiger charge is 2.51. The average Bonchev–Trinajstić information content (AvgIpc) is 2.94. The van der Waals surface area contributed by atoms with E-state index in [4.69, 9.17) is 21.1 Å². The molecular formula is C19H23ClF2N2O5. The SMILES string of the molecule is CC(C)(C)OC(=O)N1C[C@H](F)[C@@H](OCC=O)[C@H]1C(=O)N(F)Cc1cccc(Cl)c1. The predicted molar refractivity (Wildman–Crippen MR) is 101 cm³/mol. The summed E-state index contributed by atoms with van der Waals surface area (Å²) in [5, 5.41) is 0.221. The molecule has 160 valence electrons. The van der Waals surface area contributed by atoms with Crippen LogP contribution in [0.1, 0.15) is 26.3 Å². The Hall–Kier alpha value is -2.26. The molecule has 3 atom stereocenters. The molecule has 0 aliphatic carbocycles. The van der Waals surface area contributed by atoms with Gasteiger partial charge in [-0.15, -0.1) is 0 Å². The van der Waals surface area contributed by atoms with Crippen molar-refractivity contribution in [2.45, 2.75) is 51.2 Å². The maximum atomic E-state index is 14.7. The van der Waals surface area contributed by atoms with E-state index >= 15 is 0 Å². The minimum atomic E-state index is -1.80. The zero-order chi connectivity index (χ0) is 21.8. The van der Waals surface area contributed by atoms with Crippen LogP contribution in [0.25, 0.3) is 0 Å². The van der Waals surface area contributed by atoms with E-state index in [1.54, 1.807) is 39.0 Å². The number of benzene rings is 1. The van der Waals surface area contributed by atoms with Crippen LogP contribution in [0.5, 0.6) is 0 Å². The highest BCUT2D eigenvalue weighted by atomic mass is 35.5. The van der Waals surface area contributed by atoms with Crippen LogP contribution in [-0.2, 0) is 25.6 Å². The Morgan fingerprint density at radius 3 is 2.66 bits per heavy atom. The van der Waals surface area contributed by atoms with Gasteiger partial charge in [-0.25, -0.2) is 9.18 Å². The molecule has 10 heteroatoms. The van der Waals surface area contributed by atoms with E-state index in [1.165, 1.54) is 6.07 Å². The molecule has 1 aromatic rings. The Morgan fingerprint density at radius 2 is 2.07 bits per heavy atom. The zero-order valence-electron chi connectivity index (χ0n) is 16.3. The molecule has 0 saturated carbocycles. The van der Waals surface area contributed by atoms with E-state index in [9.17, 15) is 23.3 Å². The van der Waals surface area contributed by atoms with E-state index < -0.39 is 55.6 Å². The van der Waals surface area contributed by atoms with Gasteiger partial charge in [0, 0.05) is 5.02 Å². The molecule has 7 nitrogen and oxygen atoms in total. The first-order valence-electron chi connectivity index (χ1n) is 8.94. The molecule has 1 saturated heterocycles. The number of carbonyl (C=O) groups is 3. The first-order valence-corrected chi connectivity index (χ1v) is 9.32. The fraction of sp³-hybridized carbons (Fsp3) is 0.526. The molecule has 1 aliphatic rings. The van der Waals surface area contributed by atoms with Crippen molar-refractivity contribution in [3.05, 3.63) is 34.9 Å². The number of halogens is 3. The first kappa shape index (κ1) is 23.0. The molecule has 29 heavy (non-hydrogen) atoms. The van der Waals surface area contributed by atoms with E-state index in [1.807, 2.05) is 0 Å². The Balaban J connectivity index is 2.25. The van der Waals surface area contributed by atoms with Gasteiger partial charge < -0.3 is 14.3 Å². The van der Waals surface area contributed by atoms with Gasteiger partial charge in [-0.3, -0.25) is 9.69 Å². The second-order valence-corrected chi connectivity index (χ2v) is 7.98. The molecule has 2 rings (SSSR count). The number of hydrogen-bond acceptors (Lipinski definition) is 5. The lowest BCUT2D eigenvalue weighted by atomic mass is 10.1. The van der Waals surface area contributed by atoms with Gasteiger partial charge in [-0.2, -0.15) is 5.12 Å². The summed E-state index contributed by atoms with van der Waals surface area (Å²) in [5.41, 5.74) is -0.508. The highest BCUT2D eigenvalue weighted by molar-refractivity contribution is 6.30. The average molecular weight is 433 g/mol. The van der Waals surface area contributed by atoms with E-state index in [2.05, 4.69) is 0 Å². The smallest absolute Gasteiger partial charge is 0.411 e. The Kier molecular flexibility index (Phi) is 7.54. The molecule has 0 unspecified atom stereocenters. The summed E-state index contributed by atoms with van der Waals surface area (Å²) in [4.78, 5) is 36.6. The molecule has 0 radical (unpaired) electrons. The molecule has 1 aromatic carbocycles. The summed E-state index contributed by atoms with van der Waals surface area (Å²) in [5.74, 6) is -1.19. The number of ether oxygens (including phenoxy) is 2. The van der Waals surface area contributed by atoms with Crippen LogP contribution < -0.4 is 0 Å². The normalized spacial score (nSPS) is 21.7. The third-order valence-electron chi connectivity index (χ3n) is 4.06. The topological polar surface area (TPSA) is 76.1 Å². The number of hydrogen-bond donors (Lipinski definition) is 0. The van der Waals surface area contributed by atoms with Crippen molar-refractivity contribution in [1.29, 1.82) is 0 Å². The Labute approximate surface area is 172 Å². The Bertz CT molecular complexity index is 758. The molecule has 0 N–H and O–H groups in total. The van der Waals surface area contributed by atoms with Crippen molar-refractivity contribution in [1.82, 2.24) is 10.0 Å². The van der Waals surface area contributed by atoms with E-state index in [0.29, 0.717) is 16.9 Å². The lowest BCUT2D eigenvalue weighted by Gasteiger charge is -2.30. The number of likely N-dealkylation sites (tertiary alicyclic amines) is 1. The number of aldehydes is 1. The number of rotatable bonds is 6. The van der Waals surface area contributed by atoms with Gasteiger partial charge in [0.05, 0.1) is 13.1 Å². The summed E-state index contributed by atoms with van der Waals surface area (Å²) in [6, 6.07) is 4.59. The second-order valence-electron chi connectivity index (χ2n) is 7.55. The molecule has 1 aliphatic heterocycles. The summed E-state index contributed by atoms with van der Waals surface area (Å²) in [7, 11) is 0. The number of alkyl halides is 1. The molecule has 1 heterocycles. The number of amides is 2. The summed E-state index contributed by atoms with van der Waals surface area (Å²) >= 11 is 5.86. The minimum Gasteiger partial charge on any atom is -0.444 e. The maximum Gasteiger partial charge on any atom is 0.411 e. The lowest BCUT2D eigenvalue weighted by Crippen LogP contribution is -2.51. The molecule has 1 fully saturated rings. The summed E-state index contributed by atoms with van der Waals surface area (Å²) in [6.45, 7) is 3.32. The van der Waals surface area contributed by atoms with Crippen molar-refractivity contribution >= 4 is 29.9 Å². The molecule has 0 bridgehead atoms. The van der Waals surface area contributed by atoms with Gasteiger partial charge in [0.1, 0.15) is 36.8 Å². The van der Waals surface area contributed by atoms with Gasteiger partial charge in [0.2, 0.25) is 0 Å². The van der Waals surface area contributed by atoms with Gasteiger partial charge in [0.25, 0.3) is 5.91 Å². The van der Waals surface area contributed by atoms with Crippen molar-refractivity contribution in [2.24, 2.45) is 0 Å². The summed E-state index contributed by atoms with van der Waals surface area (Å²) in [6.07, 6.45) is -3.90. The standard InChI is InChI=1S/C19H23ClF2N2O5/c1-19(2,3)29-18(27)23-11-14(21)16(28-8-7-25)15(23)17(26)24(22)10-12-5-4-6-13(20)9-12/h4-7,9,14-16H,8,10-11H2,1-3H3/t14-,15-,16+/m0/s1. The molecular weight excluding hydrogens is 410 g/mol. The zero-order valence-corrected chi connectivity index (χ0v) is 17.1. The quantitative estimate of drug-likeness (QED) is 0.510. The van der Waals surface area contributed by atoms with Gasteiger partial charge in [-0.1, -0.05) is 28.2 Å². The molecule has 2 amide bonds. The largest absolute Gasteiger partial charge is 0.444 e. The van der Waals surface area contributed by atoms with Gasteiger partial charge in [0.15, 0.2) is 0 Å². The van der Waals surface area contributed by atoms with Crippen LogP contribution in [0.3, 0.4) is 0 Å². The van der Waals surface area contributed by atoms with Gasteiger partial charge in [-0.05, 0) is 38.5 Å².